The second-order valence-corrected chi connectivity index (χ2v) is 4.36. The van der Waals surface area contributed by atoms with Gasteiger partial charge in [0.25, 0.3) is 0 Å². The number of rotatable bonds is 3. The average molecular weight is 218 g/mol. The number of likely N-dealkylation sites (tertiary alicyclic amines) is 1. The largest absolute Gasteiger partial charge is 0.345 e. The first-order valence-electron chi connectivity index (χ1n) is 5.81. The van der Waals surface area contributed by atoms with E-state index in [0.717, 1.165) is 32.3 Å². The van der Waals surface area contributed by atoms with Crippen LogP contribution in [0.4, 0.5) is 0 Å². The van der Waals surface area contributed by atoms with Crippen LogP contribution in [0.2, 0.25) is 0 Å². The van der Waals surface area contributed by atoms with Gasteiger partial charge in [0.05, 0.1) is 0 Å². The Morgan fingerprint density at radius 2 is 2.12 bits per heavy atom. The van der Waals surface area contributed by atoms with Gasteiger partial charge in [0.1, 0.15) is 0 Å². The van der Waals surface area contributed by atoms with Crippen LogP contribution >= 0.6 is 0 Å². The van der Waals surface area contributed by atoms with E-state index in [1.165, 1.54) is 11.1 Å². The second-order valence-electron chi connectivity index (χ2n) is 4.36. The van der Waals surface area contributed by atoms with Crippen molar-refractivity contribution in [1.82, 2.24) is 4.90 Å². The Hall–Kier alpha value is -1.35. The molecule has 1 fully saturated rings. The van der Waals surface area contributed by atoms with E-state index >= 15 is 0 Å². The van der Waals surface area contributed by atoms with Crippen LogP contribution in [-0.4, -0.2) is 24.4 Å². The van der Waals surface area contributed by atoms with E-state index in [2.05, 4.69) is 24.3 Å². The smallest absolute Gasteiger partial charge is 0.209 e. The SMILES string of the molecule is NCc1cccc(C2CCN(C=O)CC2)c1. The van der Waals surface area contributed by atoms with E-state index in [4.69, 9.17) is 5.73 Å². The Morgan fingerprint density at radius 3 is 2.75 bits per heavy atom. The molecule has 1 aromatic rings. The summed E-state index contributed by atoms with van der Waals surface area (Å²) in [5, 5.41) is 0. The predicted molar refractivity (Wildman–Crippen MR) is 63.9 cm³/mol. The van der Waals surface area contributed by atoms with Gasteiger partial charge in [-0.15, -0.1) is 0 Å². The van der Waals surface area contributed by atoms with Crippen molar-refractivity contribution in [2.75, 3.05) is 13.1 Å². The summed E-state index contributed by atoms with van der Waals surface area (Å²) in [4.78, 5) is 12.5. The van der Waals surface area contributed by atoms with E-state index in [1.54, 1.807) is 0 Å². The van der Waals surface area contributed by atoms with Crippen molar-refractivity contribution in [3.8, 4) is 0 Å². The highest BCUT2D eigenvalue weighted by molar-refractivity contribution is 5.47. The van der Waals surface area contributed by atoms with Gasteiger partial charge in [0, 0.05) is 19.6 Å². The monoisotopic (exact) mass is 218 g/mol. The van der Waals surface area contributed by atoms with E-state index in [1.807, 2.05) is 4.90 Å². The lowest BCUT2D eigenvalue weighted by atomic mass is 9.89. The summed E-state index contributed by atoms with van der Waals surface area (Å²) in [7, 11) is 0. The van der Waals surface area contributed by atoms with Gasteiger partial charge in [-0.3, -0.25) is 4.79 Å². The third-order valence-electron chi connectivity index (χ3n) is 3.34. The van der Waals surface area contributed by atoms with E-state index in [9.17, 15) is 4.79 Å². The number of nitrogens with two attached hydrogens (primary N) is 1. The first-order valence-corrected chi connectivity index (χ1v) is 5.81. The fourth-order valence-corrected chi connectivity index (χ4v) is 2.31. The molecule has 2 rings (SSSR count). The predicted octanol–water partition coefficient (Wildman–Crippen LogP) is 1.48. The molecule has 1 heterocycles. The molecule has 1 aromatic carbocycles. The summed E-state index contributed by atoms with van der Waals surface area (Å²) in [6, 6.07) is 8.50. The van der Waals surface area contributed by atoms with Crippen LogP contribution in [0.5, 0.6) is 0 Å². The van der Waals surface area contributed by atoms with Crippen LogP contribution < -0.4 is 5.73 Å². The van der Waals surface area contributed by atoms with Gasteiger partial charge in [-0.05, 0) is 29.9 Å². The molecule has 1 saturated heterocycles. The summed E-state index contributed by atoms with van der Waals surface area (Å²) in [5.74, 6) is 0.586. The standard InChI is InChI=1S/C13H18N2O/c14-9-11-2-1-3-13(8-11)12-4-6-15(10-16)7-5-12/h1-3,8,10,12H,4-7,9,14H2. The molecule has 0 saturated carbocycles. The van der Waals surface area contributed by atoms with Crippen LogP contribution in [0, 0.1) is 0 Å². The highest BCUT2D eigenvalue weighted by Crippen LogP contribution is 2.27. The van der Waals surface area contributed by atoms with Crippen molar-refractivity contribution >= 4 is 6.41 Å². The third-order valence-corrected chi connectivity index (χ3v) is 3.34. The molecule has 3 nitrogen and oxygen atoms in total. The van der Waals surface area contributed by atoms with Crippen molar-refractivity contribution in [1.29, 1.82) is 0 Å². The molecule has 0 radical (unpaired) electrons. The van der Waals surface area contributed by atoms with Gasteiger partial charge >= 0.3 is 0 Å². The molecule has 0 unspecified atom stereocenters. The molecule has 1 aliphatic heterocycles. The maximum Gasteiger partial charge on any atom is 0.209 e. The third kappa shape index (κ3) is 2.42. The number of hydrogen-bond donors (Lipinski definition) is 1. The average Bonchev–Trinajstić information content (AvgIpc) is 2.39. The van der Waals surface area contributed by atoms with Crippen LogP contribution in [0.1, 0.15) is 29.9 Å². The second kappa shape index (κ2) is 5.12. The number of benzene rings is 1. The lowest BCUT2D eigenvalue weighted by Crippen LogP contribution is -2.31. The van der Waals surface area contributed by atoms with Gasteiger partial charge in [-0.25, -0.2) is 0 Å². The van der Waals surface area contributed by atoms with Crippen molar-refractivity contribution in [3.63, 3.8) is 0 Å². The molecule has 16 heavy (non-hydrogen) atoms. The van der Waals surface area contributed by atoms with Crippen LogP contribution in [0.3, 0.4) is 0 Å². The van der Waals surface area contributed by atoms with Gasteiger partial charge in [0.2, 0.25) is 6.41 Å². The number of piperidine rings is 1. The zero-order chi connectivity index (χ0) is 11.4. The fourth-order valence-electron chi connectivity index (χ4n) is 2.31. The fraction of sp³-hybridized carbons (Fsp3) is 0.462. The molecule has 2 N–H and O–H groups in total. The van der Waals surface area contributed by atoms with Crippen molar-refractivity contribution < 1.29 is 4.79 Å². The lowest BCUT2D eigenvalue weighted by Gasteiger charge is -2.29. The molecule has 0 bridgehead atoms. The maximum absolute atomic E-state index is 10.6. The number of nitrogens with zero attached hydrogens (tertiary/aromatic N) is 1. The summed E-state index contributed by atoms with van der Waals surface area (Å²) < 4.78 is 0. The summed E-state index contributed by atoms with van der Waals surface area (Å²) >= 11 is 0. The van der Waals surface area contributed by atoms with Gasteiger partial charge in [-0.1, -0.05) is 24.3 Å². The minimum Gasteiger partial charge on any atom is -0.345 e. The van der Waals surface area contributed by atoms with Crippen LogP contribution in [0.15, 0.2) is 24.3 Å². The van der Waals surface area contributed by atoms with Crippen molar-refractivity contribution in [2.45, 2.75) is 25.3 Å². The van der Waals surface area contributed by atoms with Crippen molar-refractivity contribution in [3.05, 3.63) is 35.4 Å². The molecular weight excluding hydrogens is 200 g/mol. The summed E-state index contributed by atoms with van der Waals surface area (Å²) in [6.45, 7) is 2.35. The number of hydrogen-bond acceptors (Lipinski definition) is 2. The highest BCUT2D eigenvalue weighted by Gasteiger charge is 2.19. The zero-order valence-electron chi connectivity index (χ0n) is 9.43. The molecule has 0 aromatic heterocycles. The minimum atomic E-state index is 0.586. The molecule has 0 aliphatic carbocycles. The van der Waals surface area contributed by atoms with Crippen LogP contribution in [0.25, 0.3) is 0 Å². The quantitative estimate of drug-likeness (QED) is 0.781. The zero-order valence-corrected chi connectivity index (χ0v) is 9.43. The Kier molecular flexibility index (Phi) is 3.57. The molecule has 0 spiro atoms. The van der Waals surface area contributed by atoms with E-state index in [-0.39, 0.29) is 0 Å². The van der Waals surface area contributed by atoms with Gasteiger partial charge < -0.3 is 10.6 Å². The van der Waals surface area contributed by atoms with E-state index < -0.39 is 0 Å². The highest BCUT2D eigenvalue weighted by atomic mass is 16.1. The Bertz CT molecular complexity index is 357. The Morgan fingerprint density at radius 1 is 1.38 bits per heavy atom. The van der Waals surface area contributed by atoms with Gasteiger partial charge in [-0.2, -0.15) is 0 Å². The lowest BCUT2D eigenvalue weighted by molar-refractivity contribution is -0.119. The minimum absolute atomic E-state index is 0.586. The maximum atomic E-state index is 10.6. The van der Waals surface area contributed by atoms with E-state index in [0.29, 0.717) is 12.5 Å². The number of amides is 1. The normalized spacial score (nSPS) is 17.4. The molecule has 86 valence electrons. The van der Waals surface area contributed by atoms with Crippen LogP contribution in [-0.2, 0) is 11.3 Å². The molecule has 0 atom stereocenters. The number of carbonyl (C=O) groups is 1. The first-order chi connectivity index (χ1) is 7.83. The van der Waals surface area contributed by atoms with Gasteiger partial charge in [0.15, 0.2) is 0 Å². The Labute approximate surface area is 96.2 Å². The topological polar surface area (TPSA) is 46.3 Å². The molecular formula is C13H18N2O. The molecule has 3 heteroatoms. The summed E-state index contributed by atoms with van der Waals surface area (Å²) in [5.41, 5.74) is 8.20. The molecule has 1 amide bonds. The Balaban J connectivity index is 2.04. The first kappa shape index (κ1) is 11.1. The number of carbonyl (C=O) groups excluding carboxylic acids is 1. The van der Waals surface area contributed by atoms with Crippen molar-refractivity contribution in [2.24, 2.45) is 5.73 Å². The molecule has 1 aliphatic rings. The summed E-state index contributed by atoms with van der Waals surface area (Å²) in [6.07, 6.45) is 3.08.